The zero-order valence-corrected chi connectivity index (χ0v) is 13.7. The molecule has 1 atom stereocenters. The molecule has 7 nitrogen and oxygen atoms in total. The Bertz CT molecular complexity index is 836. The molecule has 0 aromatic heterocycles. The molecule has 0 amide bonds. The van der Waals surface area contributed by atoms with Crippen LogP contribution in [-0.4, -0.2) is 34.0 Å². The van der Waals surface area contributed by atoms with E-state index in [1.165, 1.54) is 25.3 Å². The van der Waals surface area contributed by atoms with Crippen molar-refractivity contribution < 1.29 is 27.7 Å². The number of aliphatic hydroxyl groups excluding tert-OH is 1. The minimum absolute atomic E-state index is 0.0459. The number of ether oxygens (including phenoxy) is 3. The Kier molecular flexibility index (Phi) is 4.61. The summed E-state index contributed by atoms with van der Waals surface area (Å²) in [7, 11) is -2.26. The van der Waals surface area contributed by atoms with Gasteiger partial charge in [-0.05, 0) is 29.8 Å². The maximum Gasteiger partial charge on any atom is 0.240 e. The fourth-order valence-electron chi connectivity index (χ4n) is 2.28. The highest BCUT2D eigenvalue weighted by Gasteiger charge is 2.21. The Balaban J connectivity index is 1.70. The van der Waals surface area contributed by atoms with Crippen LogP contribution in [0.1, 0.15) is 11.7 Å². The normalized spacial score (nSPS) is 14.4. The van der Waals surface area contributed by atoms with Crippen LogP contribution in [0, 0.1) is 0 Å². The first-order chi connectivity index (χ1) is 11.5. The summed E-state index contributed by atoms with van der Waals surface area (Å²) in [5, 5.41) is 10.2. The van der Waals surface area contributed by atoms with Gasteiger partial charge in [0.05, 0.1) is 18.1 Å². The Morgan fingerprint density at radius 3 is 2.79 bits per heavy atom. The molecule has 0 saturated heterocycles. The van der Waals surface area contributed by atoms with E-state index in [0.29, 0.717) is 22.8 Å². The third-order valence-electron chi connectivity index (χ3n) is 3.60. The van der Waals surface area contributed by atoms with Gasteiger partial charge >= 0.3 is 0 Å². The third kappa shape index (κ3) is 3.45. The Labute approximate surface area is 139 Å². The molecular weight excluding hydrogens is 334 g/mol. The van der Waals surface area contributed by atoms with E-state index in [1.54, 1.807) is 24.3 Å². The number of fused-ring (bicyclic) bond motifs is 1. The predicted molar refractivity (Wildman–Crippen MR) is 85.7 cm³/mol. The molecule has 24 heavy (non-hydrogen) atoms. The van der Waals surface area contributed by atoms with Crippen molar-refractivity contribution in [2.75, 3.05) is 20.4 Å². The van der Waals surface area contributed by atoms with Crippen molar-refractivity contribution in [3.63, 3.8) is 0 Å². The zero-order chi connectivity index (χ0) is 17.2. The number of rotatable bonds is 6. The van der Waals surface area contributed by atoms with Gasteiger partial charge in [-0.25, -0.2) is 13.1 Å². The van der Waals surface area contributed by atoms with E-state index >= 15 is 0 Å². The van der Waals surface area contributed by atoms with Gasteiger partial charge in [0.2, 0.25) is 16.8 Å². The fourth-order valence-corrected chi connectivity index (χ4v) is 3.34. The van der Waals surface area contributed by atoms with Crippen molar-refractivity contribution in [2.24, 2.45) is 0 Å². The van der Waals surface area contributed by atoms with E-state index < -0.39 is 16.1 Å². The SMILES string of the molecule is COc1cccc(C(O)CNS(=O)(=O)c2ccc3c(c2)OCO3)c1. The molecule has 0 spiro atoms. The molecule has 0 fully saturated rings. The van der Waals surface area contributed by atoms with Gasteiger partial charge in [0, 0.05) is 12.6 Å². The van der Waals surface area contributed by atoms with E-state index in [1.807, 2.05) is 0 Å². The molecule has 3 rings (SSSR count). The standard InChI is InChI=1S/C16H17NO6S/c1-21-12-4-2-3-11(7-12)14(18)9-17-24(19,20)13-5-6-15-16(8-13)23-10-22-15/h2-8,14,17-18H,9-10H2,1H3. The predicted octanol–water partition coefficient (Wildman–Crippen LogP) is 1.44. The Hall–Kier alpha value is -2.29. The molecule has 1 aliphatic rings. The van der Waals surface area contributed by atoms with Crippen molar-refractivity contribution in [2.45, 2.75) is 11.0 Å². The molecular formula is C16H17NO6S. The number of hydrogen-bond donors (Lipinski definition) is 2. The molecule has 128 valence electrons. The summed E-state index contributed by atoms with van der Waals surface area (Å²) in [5.41, 5.74) is 0.558. The first-order valence-electron chi connectivity index (χ1n) is 7.21. The number of hydrogen-bond acceptors (Lipinski definition) is 6. The first-order valence-corrected chi connectivity index (χ1v) is 8.69. The van der Waals surface area contributed by atoms with Crippen molar-refractivity contribution in [3.8, 4) is 17.2 Å². The van der Waals surface area contributed by atoms with Gasteiger partial charge in [0.15, 0.2) is 11.5 Å². The second-order valence-corrected chi connectivity index (χ2v) is 6.93. The van der Waals surface area contributed by atoms with Gasteiger partial charge in [0.1, 0.15) is 5.75 Å². The quantitative estimate of drug-likeness (QED) is 0.818. The Morgan fingerprint density at radius 1 is 1.21 bits per heavy atom. The molecule has 1 heterocycles. The van der Waals surface area contributed by atoms with Crippen LogP contribution in [-0.2, 0) is 10.0 Å². The molecule has 0 saturated carbocycles. The van der Waals surface area contributed by atoms with Gasteiger partial charge in [-0.1, -0.05) is 12.1 Å². The number of benzene rings is 2. The lowest BCUT2D eigenvalue weighted by molar-refractivity contribution is 0.174. The molecule has 0 aliphatic carbocycles. The summed E-state index contributed by atoms with van der Waals surface area (Å²) in [6.07, 6.45) is -0.996. The van der Waals surface area contributed by atoms with Crippen LogP contribution in [0.2, 0.25) is 0 Å². The fraction of sp³-hybridized carbons (Fsp3) is 0.250. The summed E-state index contributed by atoms with van der Waals surface area (Å²) in [5.74, 6) is 1.47. The first kappa shape index (κ1) is 16.6. The number of methoxy groups -OCH3 is 1. The maximum atomic E-state index is 12.3. The van der Waals surface area contributed by atoms with E-state index in [-0.39, 0.29) is 18.2 Å². The van der Waals surface area contributed by atoms with Gasteiger partial charge in [0.25, 0.3) is 0 Å². The minimum atomic E-state index is -3.78. The van der Waals surface area contributed by atoms with Crippen LogP contribution in [0.5, 0.6) is 17.2 Å². The monoisotopic (exact) mass is 351 g/mol. The van der Waals surface area contributed by atoms with Crippen LogP contribution >= 0.6 is 0 Å². The van der Waals surface area contributed by atoms with Crippen LogP contribution in [0.15, 0.2) is 47.4 Å². The van der Waals surface area contributed by atoms with Crippen LogP contribution < -0.4 is 18.9 Å². The Morgan fingerprint density at radius 2 is 2.00 bits per heavy atom. The van der Waals surface area contributed by atoms with Crippen LogP contribution in [0.25, 0.3) is 0 Å². The van der Waals surface area contributed by atoms with Gasteiger partial charge < -0.3 is 19.3 Å². The number of aliphatic hydroxyl groups is 1. The van der Waals surface area contributed by atoms with E-state index in [0.717, 1.165) is 0 Å². The van der Waals surface area contributed by atoms with E-state index in [4.69, 9.17) is 14.2 Å². The number of nitrogens with one attached hydrogen (secondary N) is 1. The molecule has 0 radical (unpaired) electrons. The smallest absolute Gasteiger partial charge is 0.240 e. The topological polar surface area (TPSA) is 94.1 Å². The van der Waals surface area contributed by atoms with Gasteiger partial charge in [-0.2, -0.15) is 0 Å². The summed E-state index contributed by atoms with van der Waals surface area (Å²) >= 11 is 0. The minimum Gasteiger partial charge on any atom is -0.497 e. The second kappa shape index (κ2) is 6.68. The summed E-state index contributed by atoms with van der Waals surface area (Å²) < 4.78 is 42.5. The lowest BCUT2D eigenvalue weighted by Gasteiger charge is -2.13. The summed E-state index contributed by atoms with van der Waals surface area (Å²) in [6, 6.07) is 11.2. The summed E-state index contributed by atoms with van der Waals surface area (Å²) in [4.78, 5) is 0.0459. The largest absolute Gasteiger partial charge is 0.497 e. The second-order valence-electron chi connectivity index (χ2n) is 5.16. The third-order valence-corrected chi connectivity index (χ3v) is 5.02. The van der Waals surface area contributed by atoms with Crippen molar-refractivity contribution in [1.29, 1.82) is 0 Å². The summed E-state index contributed by atoms with van der Waals surface area (Å²) in [6.45, 7) is -0.0925. The highest BCUT2D eigenvalue weighted by molar-refractivity contribution is 7.89. The average Bonchev–Trinajstić information content (AvgIpc) is 3.07. The van der Waals surface area contributed by atoms with E-state index in [9.17, 15) is 13.5 Å². The molecule has 2 aromatic carbocycles. The molecule has 8 heteroatoms. The van der Waals surface area contributed by atoms with Gasteiger partial charge in [-0.3, -0.25) is 0 Å². The van der Waals surface area contributed by atoms with Crippen LogP contribution in [0.4, 0.5) is 0 Å². The van der Waals surface area contributed by atoms with Gasteiger partial charge in [-0.15, -0.1) is 0 Å². The lowest BCUT2D eigenvalue weighted by Crippen LogP contribution is -2.28. The highest BCUT2D eigenvalue weighted by atomic mass is 32.2. The lowest BCUT2D eigenvalue weighted by atomic mass is 10.1. The molecule has 1 unspecified atom stereocenters. The highest BCUT2D eigenvalue weighted by Crippen LogP contribution is 2.33. The molecule has 1 aliphatic heterocycles. The van der Waals surface area contributed by atoms with Crippen molar-refractivity contribution in [1.82, 2.24) is 4.72 Å². The zero-order valence-electron chi connectivity index (χ0n) is 12.9. The molecule has 2 N–H and O–H groups in total. The average molecular weight is 351 g/mol. The van der Waals surface area contributed by atoms with Crippen molar-refractivity contribution >= 4 is 10.0 Å². The molecule has 2 aromatic rings. The maximum absolute atomic E-state index is 12.3. The van der Waals surface area contributed by atoms with E-state index in [2.05, 4.69) is 4.72 Å². The molecule has 0 bridgehead atoms. The van der Waals surface area contributed by atoms with Crippen molar-refractivity contribution in [3.05, 3.63) is 48.0 Å². The number of sulfonamides is 1. The van der Waals surface area contributed by atoms with Crippen LogP contribution in [0.3, 0.4) is 0 Å².